The van der Waals surface area contributed by atoms with Gasteiger partial charge in [-0.25, -0.2) is 14.4 Å². The molecule has 1 N–H and O–H groups in total. The van der Waals surface area contributed by atoms with Gasteiger partial charge in [-0.05, 0) is 45.6 Å². The van der Waals surface area contributed by atoms with Gasteiger partial charge in [0.15, 0.2) is 5.82 Å². The molecule has 1 aromatic heterocycles. The van der Waals surface area contributed by atoms with Crippen LogP contribution < -0.4 is 10.4 Å². The van der Waals surface area contributed by atoms with E-state index in [4.69, 9.17) is 18.9 Å². The molecule has 10 heteroatoms. The van der Waals surface area contributed by atoms with Crippen molar-refractivity contribution in [3.63, 3.8) is 0 Å². The second-order valence-corrected chi connectivity index (χ2v) is 21.0. The molecule has 4 aromatic carbocycles. The summed E-state index contributed by atoms with van der Waals surface area (Å²) in [5.41, 5.74) is 2.78. The molecule has 2 unspecified atom stereocenters. The highest BCUT2D eigenvalue weighted by atomic mass is 31.2. The van der Waals surface area contributed by atoms with Crippen molar-refractivity contribution in [2.75, 3.05) is 13.3 Å². The number of carbonyl (C=O) groups is 1. The molecule has 0 bridgehead atoms. The minimum absolute atomic E-state index is 0.138. The minimum atomic E-state index is -3.97. The standard InChI is InChI=1S/C42H46FN2O5PSi/c1-29(2)39-38(40(31-23-25-33(43)26-24-31)45-41(44-39)32-17-11-8-12-18-32)30(3)51(48,49-7)28-34(27-37(46)47)50-52(42(4,5)6,35-19-13-9-14-20-35)36-21-15-10-16-22-36/h8-26,29,34H,3,27-28H2,1-2,4-7H3,(H,46,47). The van der Waals surface area contributed by atoms with Gasteiger partial charge in [-0.2, -0.15) is 0 Å². The molecule has 1 heterocycles. The van der Waals surface area contributed by atoms with Crippen molar-refractivity contribution in [3.8, 4) is 22.6 Å². The summed E-state index contributed by atoms with van der Waals surface area (Å²) in [4.78, 5) is 22.5. The monoisotopic (exact) mass is 736 g/mol. The highest BCUT2D eigenvalue weighted by molar-refractivity contribution is 7.69. The van der Waals surface area contributed by atoms with Gasteiger partial charge in [0, 0.05) is 29.1 Å². The molecule has 0 aliphatic carbocycles. The van der Waals surface area contributed by atoms with Gasteiger partial charge in [0.05, 0.1) is 30.1 Å². The van der Waals surface area contributed by atoms with Gasteiger partial charge in [0.1, 0.15) is 5.82 Å². The van der Waals surface area contributed by atoms with E-state index in [1.165, 1.54) is 19.2 Å². The summed E-state index contributed by atoms with van der Waals surface area (Å²) in [6.45, 7) is 14.6. The molecule has 0 saturated carbocycles. The Kier molecular flexibility index (Phi) is 11.9. The van der Waals surface area contributed by atoms with Crippen LogP contribution in [0.2, 0.25) is 5.04 Å². The van der Waals surface area contributed by atoms with E-state index in [0.717, 1.165) is 15.9 Å². The van der Waals surface area contributed by atoms with Crippen LogP contribution in [0, 0.1) is 5.82 Å². The van der Waals surface area contributed by atoms with Gasteiger partial charge in [-0.1, -0.05) is 132 Å². The van der Waals surface area contributed by atoms with Gasteiger partial charge in [0.2, 0.25) is 7.37 Å². The molecule has 5 rings (SSSR count). The topological polar surface area (TPSA) is 98.6 Å². The summed E-state index contributed by atoms with van der Waals surface area (Å²) < 4.78 is 42.7. The number of nitrogens with zero attached hydrogens (tertiary/aromatic N) is 2. The lowest BCUT2D eigenvalue weighted by atomic mass is 9.97. The fourth-order valence-electron chi connectivity index (χ4n) is 6.73. The zero-order chi connectivity index (χ0) is 37.7. The number of carboxylic acid groups (broad SMARTS) is 1. The molecule has 7 nitrogen and oxygen atoms in total. The number of carboxylic acids is 1. The van der Waals surface area contributed by atoms with Crippen molar-refractivity contribution in [2.24, 2.45) is 0 Å². The van der Waals surface area contributed by atoms with E-state index in [1.54, 1.807) is 12.1 Å². The van der Waals surface area contributed by atoms with Crippen LogP contribution in [0.3, 0.4) is 0 Å². The smallest absolute Gasteiger partial charge is 0.305 e. The first-order chi connectivity index (χ1) is 24.7. The molecular weight excluding hydrogens is 691 g/mol. The second-order valence-electron chi connectivity index (χ2n) is 14.2. The summed E-state index contributed by atoms with van der Waals surface area (Å²) in [5.74, 6) is -1.23. The highest BCUT2D eigenvalue weighted by Gasteiger charge is 2.52. The summed E-state index contributed by atoms with van der Waals surface area (Å²) in [5, 5.41) is 11.8. The normalized spacial score (nSPS) is 13.8. The Morgan fingerprint density at radius 3 is 1.83 bits per heavy atom. The maximum atomic E-state index is 15.4. The average molecular weight is 737 g/mol. The van der Waals surface area contributed by atoms with Gasteiger partial charge in [-0.3, -0.25) is 9.36 Å². The Labute approximate surface area is 307 Å². The molecule has 270 valence electrons. The maximum Gasteiger partial charge on any atom is 0.305 e. The molecule has 52 heavy (non-hydrogen) atoms. The molecule has 0 saturated heterocycles. The Bertz CT molecular complexity index is 2010. The summed E-state index contributed by atoms with van der Waals surface area (Å²) >= 11 is 0. The van der Waals surface area contributed by atoms with Crippen LogP contribution in [-0.4, -0.2) is 48.7 Å². The fourth-order valence-corrected chi connectivity index (χ4v) is 13.4. The molecule has 0 spiro atoms. The Hall–Kier alpha value is -4.53. The first-order valence-corrected chi connectivity index (χ1v) is 21.0. The number of hydrogen-bond acceptors (Lipinski definition) is 6. The van der Waals surface area contributed by atoms with Gasteiger partial charge < -0.3 is 14.1 Å². The van der Waals surface area contributed by atoms with Crippen LogP contribution in [0.5, 0.6) is 0 Å². The molecule has 2 atom stereocenters. The Balaban J connectivity index is 1.69. The van der Waals surface area contributed by atoms with Crippen LogP contribution in [-0.2, 0) is 18.3 Å². The highest BCUT2D eigenvalue weighted by Crippen LogP contribution is 2.61. The van der Waals surface area contributed by atoms with Gasteiger partial charge in [-0.15, -0.1) is 0 Å². The number of aliphatic carboxylic acids is 1. The molecule has 0 radical (unpaired) electrons. The van der Waals surface area contributed by atoms with Crippen molar-refractivity contribution < 1.29 is 27.8 Å². The van der Waals surface area contributed by atoms with Crippen molar-refractivity contribution in [2.45, 2.75) is 58.1 Å². The lowest BCUT2D eigenvalue weighted by Gasteiger charge is -2.45. The summed E-state index contributed by atoms with van der Waals surface area (Å²) in [7, 11) is -5.91. The van der Waals surface area contributed by atoms with E-state index in [-0.39, 0.29) is 17.4 Å². The van der Waals surface area contributed by atoms with Crippen LogP contribution in [0.15, 0.2) is 122 Å². The number of hydrogen-bond donors (Lipinski definition) is 1. The van der Waals surface area contributed by atoms with Crippen molar-refractivity contribution in [1.29, 1.82) is 0 Å². The summed E-state index contributed by atoms with van der Waals surface area (Å²) in [6, 6.07) is 35.2. The molecule has 0 aliphatic rings. The first-order valence-electron chi connectivity index (χ1n) is 17.3. The van der Waals surface area contributed by atoms with E-state index in [0.29, 0.717) is 28.3 Å². The van der Waals surface area contributed by atoms with E-state index in [9.17, 15) is 14.3 Å². The average Bonchev–Trinajstić information content (AvgIpc) is 3.13. The Morgan fingerprint density at radius 2 is 1.37 bits per heavy atom. The third kappa shape index (κ3) is 8.08. The molecule has 0 aliphatic heterocycles. The molecule has 5 aromatic rings. The molecular formula is C42H46FN2O5PSi. The van der Waals surface area contributed by atoms with Crippen molar-refractivity contribution >= 4 is 37.3 Å². The second kappa shape index (κ2) is 16.0. The van der Waals surface area contributed by atoms with Gasteiger partial charge >= 0.3 is 5.97 Å². The van der Waals surface area contributed by atoms with E-state index < -0.39 is 45.0 Å². The van der Waals surface area contributed by atoms with Crippen LogP contribution >= 0.6 is 7.37 Å². The lowest BCUT2D eigenvalue weighted by Crippen LogP contribution is -2.68. The zero-order valence-electron chi connectivity index (χ0n) is 30.5. The predicted octanol–water partition coefficient (Wildman–Crippen LogP) is 9.39. The maximum absolute atomic E-state index is 15.4. The Morgan fingerprint density at radius 1 is 0.846 bits per heavy atom. The van der Waals surface area contributed by atoms with Gasteiger partial charge in [0.25, 0.3) is 8.32 Å². The van der Waals surface area contributed by atoms with E-state index >= 15 is 4.57 Å². The van der Waals surface area contributed by atoms with Crippen LogP contribution in [0.1, 0.15) is 58.2 Å². The largest absolute Gasteiger partial charge is 0.481 e. The fraction of sp³-hybridized carbons (Fsp3) is 0.262. The van der Waals surface area contributed by atoms with Crippen LogP contribution in [0.4, 0.5) is 4.39 Å². The number of benzene rings is 4. The predicted molar refractivity (Wildman–Crippen MR) is 210 cm³/mol. The number of rotatable bonds is 14. The lowest BCUT2D eigenvalue weighted by molar-refractivity contribution is -0.138. The molecule has 0 amide bonds. The third-order valence-electron chi connectivity index (χ3n) is 9.23. The number of aromatic nitrogens is 2. The van der Waals surface area contributed by atoms with Crippen molar-refractivity contribution in [3.05, 3.63) is 139 Å². The van der Waals surface area contributed by atoms with E-state index in [2.05, 4.69) is 27.4 Å². The SMILES string of the molecule is C=C(c1c(-c2ccc(F)cc2)nc(-c2ccccc2)nc1C(C)C)P(=O)(CC(CC(=O)O)O[Si](c1ccccc1)(c1ccccc1)C(C)(C)C)OC. The van der Waals surface area contributed by atoms with Crippen molar-refractivity contribution in [1.82, 2.24) is 9.97 Å². The quantitative estimate of drug-likeness (QED) is 0.0896. The molecule has 0 fully saturated rings. The van der Waals surface area contributed by atoms with E-state index in [1.807, 2.05) is 105 Å². The van der Waals surface area contributed by atoms with Crippen LogP contribution in [0.25, 0.3) is 28.0 Å². The third-order valence-corrected chi connectivity index (χ3v) is 16.9. The minimum Gasteiger partial charge on any atom is -0.481 e. The first kappa shape index (κ1) is 38.7. The zero-order valence-corrected chi connectivity index (χ0v) is 32.4. The summed E-state index contributed by atoms with van der Waals surface area (Å²) in [6.07, 6.45) is -1.72. The number of halogens is 1.